The molecule has 0 spiro atoms. The highest BCUT2D eigenvalue weighted by molar-refractivity contribution is 6.34. The summed E-state index contributed by atoms with van der Waals surface area (Å²) in [5.41, 5.74) is 1.90. The molecule has 1 unspecified atom stereocenters. The molecule has 1 nitrogen and oxygen atoms in total. The Bertz CT molecular complexity index is 703. The van der Waals surface area contributed by atoms with Gasteiger partial charge in [0.2, 0.25) is 0 Å². The van der Waals surface area contributed by atoms with Gasteiger partial charge in [-0.1, -0.05) is 54.1 Å². The fourth-order valence-corrected chi connectivity index (χ4v) is 2.78. The first-order valence-corrected chi connectivity index (χ1v) is 7.41. The largest absolute Gasteiger partial charge is 0.460 e. The minimum absolute atomic E-state index is 0.000107. The topological polar surface area (TPSA) is 13.1 Å². The highest BCUT2D eigenvalue weighted by Gasteiger charge is 2.11. The number of para-hydroxylation sites is 1. The molecule has 1 heterocycles. The molecule has 0 fully saturated rings. The summed E-state index contributed by atoms with van der Waals surface area (Å²) in [6.45, 7) is 0. The molecule has 0 aliphatic carbocycles. The quantitative estimate of drug-likeness (QED) is 0.539. The number of hydrogen-bond donors (Lipinski definition) is 0. The van der Waals surface area contributed by atoms with Crippen LogP contribution in [-0.2, 0) is 6.42 Å². The van der Waals surface area contributed by atoms with Crippen LogP contribution in [0.1, 0.15) is 23.1 Å². The smallest absolute Gasteiger partial charge is 0.152 e. The van der Waals surface area contributed by atoms with E-state index in [1.165, 1.54) is 0 Å². The van der Waals surface area contributed by atoms with Gasteiger partial charge in [-0.25, -0.2) is 0 Å². The maximum absolute atomic E-state index is 6.42. The highest BCUT2D eigenvalue weighted by atomic mass is 35.5. The third kappa shape index (κ3) is 2.84. The molecule has 0 N–H and O–H groups in total. The van der Waals surface area contributed by atoms with Crippen molar-refractivity contribution in [3.8, 4) is 0 Å². The minimum atomic E-state index is -0.000107. The maximum atomic E-state index is 6.42. The van der Waals surface area contributed by atoms with Crippen LogP contribution in [-0.4, -0.2) is 0 Å². The molecule has 2 aromatic carbocycles. The van der Waals surface area contributed by atoms with E-state index in [0.717, 1.165) is 35.1 Å². The number of furan rings is 1. The zero-order valence-corrected chi connectivity index (χ0v) is 12.4. The number of alkyl halides is 1. The number of halogens is 2. The standard InChI is InChI=1S/C17H14Cl2O/c18-15(12-5-2-1-3-6-12)10-9-14-11-13-7-4-8-16(19)17(13)20-14/h1-8,11,15H,9-10H2. The molecule has 3 heteroatoms. The number of aryl methyl sites for hydroxylation is 1. The van der Waals surface area contributed by atoms with E-state index < -0.39 is 0 Å². The fourth-order valence-electron chi connectivity index (χ4n) is 2.30. The van der Waals surface area contributed by atoms with Crippen molar-refractivity contribution in [2.45, 2.75) is 18.2 Å². The average Bonchev–Trinajstić information content (AvgIpc) is 2.90. The second-order valence-corrected chi connectivity index (χ2v) is 5.72. The summed E-state index contributed by atoms with van der Waals surface area (Å²) in [6.07, 6.45) is 1.64. The Hall–Kier alpha value is -1.44. The van der Waals surface area contributed by atoms with Crippen molar-refractivity contribution in [2.24, 2.45) is 0 Å². The Morgan fingerprint density at radius 3 is 2.55 bits per heavy atom. The lowest BCUT2D eigenvalue weighted by Gasteiger charge is -2.08. The van der Waals surface area contributed by atoms with E-state index in [9.17, 15) is 0 Å². The summed E-state index contributed by atoms with van der Waals surface area (Å²) < 4.78 is 5.79. The van der Waals surface area contributed by atoms with Crippen LogP contribution in [0.25, 0.3) is 11.0 Å². The van der Waals surface area contributed by atoms with Crippen LogP contribution in [0.4, 0.5) is 0 Å². The first-order valence-electron chi connectivity index (χ1n) is 6.60. The molecule has 0 aliphatic rings. The van der Waals surface area contributed by atoms with Crippen LogP contribution in [0.3, 0.4) is 0 Å². The molecular weight excluding hydrogens is 291 g/mol. The van der Waals surface area contributed by atoms with Gasteiger partial charge in [0.25, 0.3) is 0 Å². The lowest BCUT2D eigenvalue weighted by Crippen LogP contribution is -1.92. The summed E-state index contributed by atoms with van der Waals surface area (Å²) in [6, 6.07) is 17.9. The molecule has 102 valence electrons. The monoisotopic (exact) mass is 304 g/mol. The summed E-state index contributed by atoms with van der Waals surface area (Å²) in [7, 11) is 0. The lowest BCUT2D eigenvalue weighted by molar-refractivity contribution is 0.536. The third-order valence-electron chi connectivity index (χ3n) is 3.35. The number of rotatable bonds is 4. The van der Waals surface area contributed by atoms with Crippen LogP contribution in [0.5, 0.6) is 0 Å². The Morgan fingerprint density at radius 1 is 1.00 bits per heavy atom. The molecular formula is C17H14Cl2O. The fraction of sp³-hybridized carbons (Fsp3) is 0.176. The molecule has 0 bridgehead atoms. The van der Waals surface area contributed by atoms with Gasteiger partial charge in [-0.15, -0.1) is 11.6 Å². The average molecular weight is 305 g/mol. The molecule has 0 amide bonds. The predicted molar refractivity (Wildman–Crippen MR) is 84.6 cm³/mol. The SMILES string of the molecule is Clc1cccc2cc(CCC(Cl)c3ccccc3)oc12. The third-order valence-corrected chi connectivity index (χ3v) is 4.12. The van der Waals surface area contributed by atoms with Gasteiger partial charge in [0.15, 0.2) is 5.58 Å². The van der Waals surface area contributed by atoms with E-state index in [1.807, 2.05) is 54.6 Å². The summed E-state index contributed by atoms with van der Waals surface area (Å²) in [4.78, 5) is 0. The Morgan fingerprint density at radius 2 is 1.80 bits per heavy atom. The van der Waals surface area contributed by atoms with Gasteiger partial charge in [0.1, 0.15) is 5.76 Å². The first-order chi connectivity index (χ1) is 9.74. The molecule has 3 rings (SSSR count). The normalized spacial score (nSPS) is 12.7. The van der Waals surface area contributed by atoms with Gasteiger partial charge in [0.05, 0.1) is 10.4 Å². The molecule has 3 aromatic rings. The van der Waals surface area contributed by atoms with Crippen molar-refractivity contribution in [1.29, 1.82) is 0 Å². The van der Waals surface area contributed by atoms with Crippen LogP contribution in [0.15, 0.2) is 59.0 Å². The van der Waals surface area contributed by atoms with Crippen LogP contribution >= 0.6 is 23.2 Å². The van der Waals surface area contributed by atoms with Gasteiger partial charge in [-0.3, -0.25) is 0 Å². The molecule has 0 saturated heterocycles. The van der Waals surface area contributed by atoms with Gasteiger partial charge in [0, 0.05) is 11.8 Å². The van der Waals surface area contributed by atoms with E-state index in [2.05, 4.69) is 0 Å². The van der Waals surface area contributed by atoms with Gasteiger partial charge in [-0.05, 0) is 24.1 Å². The van der Waals surface area contributed by atoms with Crippen molar-refractivity contribution < 1.29 is 4.42 Å². The highest BCUT2D eigenvalue weighted by Crippen LogP contribution is 2.30. The van der Waals surface area contributed by atoms with Crippen molar-refractivity contribution in [3.63, 3.8) is 0 Å². The van der Waals surface area contributed by atoms with Crippen LogP contribution < -0.4 is 0 Å². The van der Waals surface area contributed by atoms with Crippen molar-refractivity contribution in [2.75, 3.05) is 0 Å². The molecule has 0 saturated carbocycles. The Balaban J connectivity index is 1.72. The summed E-state index contributed by atoms with van der Waals surface area (Å²) >= 11 is 12.5. The molecule has 20 heavy (non-hydrogen) atoms. The first kappa shape index (κ1) is 13.5. The molecule has 1 atom stereocenters. The lowest BCUT2D eigenvalue weighted by atomic mass is 10.1. The Kier molecular flexibility index (Phi) is 4.00. The minimum Gasteiger partial charge on any atom is -0.460 e. The van der Waals surface area contributed by atoms with Crippen molar-refractivity contribution >= 4 is 34.2 Å². The van der Waals surface area contributed by atoms with E-state index in [1.54, 1.807) is 0 Å². The molecule has 1 aromatic heterocycles. The zero-order chi connectivity index (χ0) is 13.9. The van der Waals surface area contributed by atoms with Crippen molar-refractivity contribution in [3.05, 3.63) is 70.9 Å². The van der Waals surface area contributed by atoms with Crippen LogP contribution in [0.2, 0.25) is 5.02 Å². The number of fused-ring (bicyclic) bond motifs is 1. The van der Waals surface area contributed by atoms with Gasteiger partial charge < -0.3 is 4.42 Å². The predicted octanol–water partition coefficient (Wildman–Crippen LogP) is 6.00. The second-order valence-electron chi connectivity index (χ2n) is 4.79. The van der Waals surface area contributed by atoms with E-state index in [0.29, 0.717) is 5.02 Å². The summed E-state index contributed by atoms with van der Waals surface area (Å²) in [5, 5.41) is 1.69. The van der Waals surface area contributed by atoms with Gasteiger partial charge >= 0.3 is 0 Å². The van der Waals surface area contributed by atoms with E-state index >= 15 is 0 Å². The molecule has 0 aliphatic heterocycles. The maximum Gasteiger partial charge on any atom is 0.152 e. The number of hydrogen-bond acceptors (Lipinski definition) is 1. The summed E-state index contributed by atoms with van der Waals surface area (Å²) in [5.74, 6) is 0.926. The van der Waals surface area contributed by atoms with Crippen LogP contribution in [0, 0.1) is 0 Å². The van der Waals surface area contributed by atoms with Crippen molar-refractivity contribution in [1.82, 2.24) is 0 Å². The zero-order valence-electron chi connectivity index (χ0n) is 10.9. The number of benzene rings is 2. The van der Waals surface area contributed by atoms with E-state index in [-0.39, 0.29) is 5.38 Å². The second kappa shape index (κ2) is 5.90. The van der Waals surface area contributed by atoms with E-state index in [4.69, 9.17) is 27.6 Å². The molecule has 0 radical (unpaired) electrons. The van der Waals surface area contributed by atoms with Gasteiger partial charge in [-0.2, -0.15) is 0 Å². The Labute approximate surface area is 128 Å².